The van der Waals surface area contributed by atoms with Crippen LogP contribution in [0.1, 0.15) is 75.5 Å². The molecule has 0 aliphatic heterocycles. The number of benzene rings is 2. The van der Waals surface area contributed by atoms with Crippen LogP contribution in [0, 0.1) is 5.92 Å². The molecule has 0 bridgehead atoms. The van der Waals surface area contributed by atoms with Crippen molar-refractivity contribution in [1.29, 1.82) is 0 Å². The van der Waals surface area contributed by atoms with E-state index in [-0.39, 0.29) is 5.41 Å². The largest absolute Gasteiger partial charge is 0.0846 e. The fourth-order valence-electron chi connectivity index (χ4n) is 5.06. The van der Waals surface area contributed by atoms with E-state index in [0.29, 0.717) is 15.8 Å². The summed E-state index contributed by atoms with van der Waals surface area (Å²) < 4.78 is 0.709. The van der Waals surface area contributed by atoms with Crippen LogP contribution in [-0.2, 0) is 5.41 Å². The van der Waals surface area contributed by atoms with Gasteiger partial charge in [0, 0.05) is 9.34 Å². The second kappa shape index (κ2) is 7.73. The van der Waals surface area contributed by atoms with Crippen LogP contribution in [0.5, 0.6) is 0 Å². The van der Waals surface area contributed by atoms with E-state index in [1.807, 2.05) is 0 Å². The van der Waals surface area contributed by atoms with E-state index in [0.717, 1.165) is 0 Å². The molecule has 0 amide bonds. The van der Waals surface area contributed by atoms with E-state index >= 15 is 0 Å². The summed E-state index contributed by atoms with van der Waals surface area (Å²) in [6, 6.07) is 16.3. The van der Waals surface area contributed by atoms with Gasteiger partial charge in [-0.15, -0.1) is 0 Å². The molecule has 2 aromatic rings. The standard InChI is InChI=1S/C26H31I/c1-18-12-14-21(27)9-5-4-8-19(16-18)20-13-15-23-22-10-6-7-11-24(22)26(2,3)25(23)17-20/h6-7,10-15,17-19,21H,4-5,8-9,16H2,1-3H3/b14-12-/t18?,19-,21?/m0/s1. The van der Waals surface area contributed by atoms with Crippen LogP contribution >= 0.6 is 22.6 Å². The summed E-state index contributed by atoms with van der Waals surface area (Å²) in [4.78, 5) is 0. The van der Waals surface area contributed by atoms with Gasteiger partial charge < -0.3 is 0 Å². The van der Waals surface area contributed by atoms with E-state index in [1.54, 1.807) is 5.56 Å². The van der Waals surface area contributed by atoms with Crippen LogP contribution in [0.25, 0.3) is 11.1 Å². The molecular formula is C26H31I. The Bertz CT molecular complexity index is 845. The van der Waals surface area contributed by atoms with Crippen LogP contribution in [0.15, 0.2) is 54.6 Å². The highest BCUT2D eigenvalue weighted by Gasteiger charge is 2.35. The smallest absolute Gasteiger partial charge is 0.0289 e. The van der Waals surface area contributed by atoms with Crippen molar-refractivity contribution in [2.45, 2.75) is 68.1 Å². The lowest BCUT2D eigenvalue weighted by Gasteiger charge is -2.25. The molecule has 0 aromatic heterocycles. The number of rotatable bonds is 1. The van der Waals surface area contributed by atoms with Crippen molar-refractivity contribution < 1.29 is 0 Å². The second-order valence-corrected chi connectivity index (χ2v) is 10.7. The van der Waals surface area contributed by atoms with Gasteiger partial charge in [0.2, 0.25) is 0 Å². The second-order valence-electron chi connectivity index (χ2n) is 9.07. The third kappa shape index (κ3) is 3.77. The lowest BCUT2D eigenvalue weighted by molar-refractivity contribution is 0.476. The SMILES string of the molecule is CC1/C=C\C(I)CCCC[C@H](c2ccc3c(c2)C(C)(C)c2ccccc2-3)C1. The molecule has 27 heavy (non-hydrogen) atoms. The maximum atomic E-state index is 2.59. The third-order valence-corrected chi connectivity index (χ3v) is 7.70. The molecule has 0 spiro atoms. The molecule has 0 saturated carbocycles. The Kier molecular flexibility index (Phi) is 5.51. The summed E-state index contributed by atoms with van der Waals surface area (Å²) in [5, 5.41) is 0. The van der Waals surface area contributed by atoms with Gasteiger partial charge in [-0.2, -0.15) is 0 Å². The minimum Gasteiger partial charge on any atom is -0.0846 e. The number of hydrogen-bond acceptors (Lipinski definition) is 0. The van der Waals surface area contributed by atoms with E-state index in [1.165, 1.54) is 54.4 Å². The molecule has 0 N–H and O–H groups in total. The van der Waals surface area contributed by atoms with Crippen LogP contribution in [0.4, 0.5) is 0 Å². The van der Waals surface area contributed by atoms with Crippen molar-refractivity contribution in [3.63, 3.8) is 0 Å². The molecule has 0 nitrogen and oxygen atoms in total. The highest BCUT2D eigenvalue weighted by molar-refractivity contribution is 14.1. The summed E-state index contributed by atoms with van der Waals surface area (Å²) in [6.07, 6.45) is 11.5. The van der Waals surface area contributed by atoms with Crippen molar-refractivity contribution in [2.24, 2.45) is 5.92 Å². The maximum absolute atomic E-state index is 2.59. The minimum absolute atomic E-state index is 0.109. The number of halogens is 1. The van der Waals surface area contributed by atoms with Crippen molar-refractivity contribution in [3.05, 3.63) is 71.3 Å². The zero-order chi connectivity index (χ0) is 19.0. The summed E-state index contributed by atoms with van der Waals surface area (Å²) in [6.45, 7) is 7.17. The molecule has 1 heteroatoms. The van der Waals surface area contributed by atoms with Gasteiger partial charge in [-0.05, 0) is 58.9 Å². The number of hydrogen-bond donors (Lipinski definition) is 0. The first-order chi connectivity index (χ1) is 13.0. The van der Waals surface area contributed by atoms with E-state index in [4.69, 9.17) is 0 Å². The van der Waals surface area contributed by atoms with Gasteiger partial charge in [0.05, 0.1) is 0 Å². The Labute approximate surface area is 178 Å². The first-order valence-electron chi connectivity index (χ1n) is 10.5. The fourth-order valence-corrected chi connectivity index (χ4v) is 5.74. The summed E-state index contributed by atoms with van der Waals surface area (Å²) in [5.74, 6) is 1.34. The Morgan fingerprint density at radius 2 is 1.63 bits per heavy atom. The van der Waals surface area contributed by atoms with Crippen LogP contribution in [-0.4, -0.2) is 3.92 Å². The van der Waals surface area contributed by atoms with Crippen LogP contribution in [0.3, 0.4) is 0 Å². The normalized spacial score (nSPS) is 28.2. The summed E-state index contributed by atoms with van der Waals surface area (Å²) in [5.41, 5.74) is 7.54. The van der Waals surface area contributed by atoms with Gasteiger partial charge >= 0.3 is 0 Å². The summed E-state index contributed by atoms with van der Waals surface area (Å²) >= 11 is 2.59. The molecule has 4 rings (SSSR count). The quantitative estimate of drug-likeness (QED) is 0.225. The van der Waals surface area contributed by atoms with Gasteiger partial charge in [-0.25, -0.2) is 0 Å². The highest BCUT2D eigenvalue weighted by atomic mass is 127. The topological polar surface area (TPSA) is 0 Å². The zero-order valence-corrected chi connectivity index (χ0v) is 19.0. The average molecular weight is 470 g/mol. The van der Waals surface area contributed by atoms with Gasteiger partial charge in [0.1, 0.15) is 0 Å². The first-order valence-corrected chi connectivity index (χ1v) is 11.8. The number of allylic oxidation sites excluding steroid dienone is 2. The van der Waals surface area contributed by atoms with E-state index in [9.17, 15) is 0 Å². The van der Waals surface area contributed by atoms with Gasteiger partial charge in [0.15, 0.2) is 0 Å². The minimum atomic E-state index is 0.109. The monoisotopic (exact) mass is 470 g/mol. The molecule has 0 heterocycles. The molecule has 0 saturated heterocycles. The van der Waals surface area contributed by atoms with Crippen molar-refractivity contribution in [2.75, 3.05) is 0 Å². The predicted octanol–water partition coefficient (Wildman–Crippen LogP) is 8.04. The van der Waals surface area contributed by atoms with Crippen LogP contribution in [0.2, 0.25) is 0 Å². The highest BCUT2D eigenvalue weighted by Crippen LogP contribution is 2.49. The molecule has 2 aliphatic rings. The Balaban J connectivity index is 1.67. The molecule has 2 aliphatic carbocycles. The van der Waals surface area contributed by atoms with Crippen molar-refractivity contribution in [1.82, 2.24) is 0 Å². The van der Waals surface area contributed by atoms with Gasteiger partial charge in [-0.1, -0.05) is 111 Å². The van der Waals surface area contributed by atoms with E-state index in [2.05, 4.69) is 98.0 Å². The zero-order valence-electron chi connectivity index (χ0n) is 16.8. The molecule has 2 aromatic carbocycles. The molecule has 142 valence electrons. The van der Waals surface area contributed by atoms with Crippen LogP contribution < -0.4 is 0 Å². The Hall–Kier alpha value is -1.09. The maximum Gasteiger partial charge on any atom is 0.0289 e. The fraction of sp³-hybridized carbons (Fsp3) is 0.462. The predicted molar refractivity (Wildman–Crippen MR) is 126 cm³/mol. The lowest BCUT2D eigenvalue weighted by atomic mass is 9.79. The Morgan fingerprint density at radius 3 is 2.48 bits per heavy atom. The number of alkyl halides is 1. The van der Waals surface area contributed by atoms with Crippen molar-refractivity contribution in [3.8, 4) is 11.1 Å². The van der Waals surface area contributed by atoms with Crippen molar-refractivity contribution >= 4 is 22.6 Å². The lowest BCUT2D eigenvalue weighted by Crippen LogP contribution is -2.16. The molecule has 3 atom stereocenters. The van der Waals surface area contributed by atoms with Gasteiger partial charge in [-0.3, -0.25) is 0 Å². The van der Waals surface area contributed by atoms with E-state index < -0.39 is 0 Å². The average Bonchev–Trinajstić information content (AvgIpc) is 2.90. The van der Waals surface area contributed by atoms with Gasteiger partial charge in [0.25, 0.3) is 0 Å². The first kappa shape index (κ1) is 19.2. The molecule has 0 fully saturated rings. The summed E-state index contributed by atoms with van der Waals surface area (Å²) in [7, 11) is 0. The Morgan fingerprint density at radius 1 is 0.889 bits per heavy atom. The molecule has 2 unspecified atom stereocenters. The molecular weight excluding hydrogens is 439 g/mol. The molecule has 0 radical (unpaired) electrons. The number of fused-ring (bicyclic) bond motifs is 3. The third-order valence-electron chi connectivity index (χ3n) is 6.67.